The van der Waals surface area contributed by atoms with Gasteiger partial charge in [0.1, 0.15) is 0 Å². The van der Waals surface area contributed by atoms with Gasteiger partial charge in [0.15, 0.2) is 5.16 Å². The van der Waals surface area contributed by atoms with Crippen LogP contribution in [0.1, 0.15) is 51.7 Å². The summed E-state index contributed by atoms with van der Waals surface area (Å²) in [7, 11) is 0. The van der Waals surface area contributed by atoms with E-state index in [1.54, 1.807) is 16.2 Å². The lowest BCUT2D eigenvalue weighted by atomic mass is 9.69. The van der Waals surface area contributed by atoms with Crippen molar-refractivity contribution in [2.75, 3.05) is 5.75 Å². The summed E-state index contributed by atoms with van der Waals surface area (Å²) in [6.07, 6.45) is 2.72. The van der Waals surface area contributed by atoms with Crippen LogP contribution in [0.2, 0.25) is 0 Å². The molecule has 6 heteroatoms. The Balaban J connectivity index is 2.12. The summed E-state index contributed by atoms with van der Waals surface area (Å²) in [5, 5.41) is 5.46. The van der Waals surface area contributed by atoms with Crippen LogP contribution in [0.5, 0.6) is 0 Å². The molecule has 5 nitrogen and oxygen atoms in total. The lowest BCUT2D eigenvalue weighted by molar-refractivity contribution is 0.439. The minimum absolute atomic E-state index is 0.0483. The van der Waals surface area contributed by atoms with E-state index in [4.69, 9.17) is 10.1 Å². The Hall–Kier alpha value is -2.08. The number of fused-ring (bicyclic) bond motifs is 4. The van der Waals surface area contributed by atoms with Crippen LogP contribution in [-0.4, -0.2) is 24.9 Å². The Morgan fingerprint density at radius 2 is 2.00 bits per heavy atom. The number of aryl methyl sites for hydroxylation is 1. The lowest BCUT2D eigenvalue weighted by Gasteiger charge is -2.35. The van der Waals surface area contributed by atoms with Crippen molar-refractivity contribution in [2.45, 2.75) is 64.1 Å². The number of rotatable bonds is 5. The van der Waals surface area contributed by atoms with Crippen LogP contribution in [0.4, 0.5) is 0 Å². The van der Waals surface area contributed by atoms with Crippen molar-refractivity contribution in [3.05, 3.63) is 45.7 Å². The first-order valence-electron chi connectivity index (χ1n) is 9.79. The average molecular weight is 383 g/mol. The van der Waals surface area contributed by atoms with Crippen LogP contribution >= 0.6 is 11.8 Å². The molecule has 1 aromatic carbocycles. The van der Waals surface area contributed by atoms with E-state index in [1.165, 1.54) is 5.56 Å². The molecule has 0 saturated carbocycles. The lowest BCUT2D eigenvalue weighted by Crippen LogP contribution is -2.37. The fourth-order valence-corrected chi connectivity index (χ4v) is 4.80. The van der Waals surface area contributed by atoms with Crippen LogP contribution in [-0.2, 0) is 18.4 Å². The van der Waals surface area contributed by atoms with Crippen LogP contribution in [0.25, 0.3) is 17.0 Å². The first-order valence-corrected chi connectivity index (χ1v) is 10.8. The molecular formula is C21H26N4OS. The molecule has 0 saturated heterocycles. The summed E-state index contributed by atoms with van der Waals surface area (Å²) in [6, 6.07) is 8.36. The molecule has 0 bridgehead atoms. The van der Waals surface area contributed by atoms with Gasteiger partial charge in [0.05, 0.1) is 11.3 Å². The highest BCUT2D eigenvalue weighted by Gasteiger charge is 2.38. The zero-order valence-corrected chi connectivity index (χ0v) is 17.3. The van der Waals surface area contributed by atoms with Crippen molar-refractivity contribution in [3.63, 3.8) is 0 Å². The normalized spacial score (nSPS) is 18.5. The molecule has 0 spiro atoms. The first kappa shape index (κ1) is 18.3. The number of thioether (sulfide) groups is 1. The van der Waals surface area contributed by atoms with E-state index >= 15 is 0 Å². The fourth-order valence-electron chi connectivity index (χ4n) is 4.09. The van der Waals surface area contributed by atoms with Gasteiger partial charge < -0.3 is 0 Å². The molecule has 1 atom stereocenters. The average Bonchev–Trinajstić information content (AvgIpc) is 3.00. The highest BCUT2D eigenvalue weighted by molar-refractivity contribution is 7.99. The predicted molar refractivity (Wildman–Crippen MR) is 111 cm³/mol. The van der Waals surface area contributed by atoms with Crippen molar-refractivity contribution in [1.29, 1.82) is 0 Å². The second-order valence-electron chi connectivity index (χ2n) is 7.46. The fraction of sp³-hybridized carbons (Fsp3) is 0.476. The molecule has 1 aliphatic carbocycles. The van der Waals surface area contributed by atoms with Gasteiger partial charge in [-0.2, -0.15) is 0 Å². The Bertz CT molecular complexity index is 1070. The van der Waals surface area contributed by atoms with E-state index in [2.05, 4.69) is 45.9 Å². The Morgan fingerprint density at radius 3 is 2.70 bits per heavy atom. The second-order valence-corrected chi connectivity index (χ2v) is 8.69. The summed E-state index contributed by atoms with van der Waals surface area (Å²) in [5.74, 6) is 1.53. The molecule has 142 valence electrons. The summed E-state index contributed by atoms with van der Waals surface area (Å²) in [6.45, 7) is 9.31. The summed E-state index contributed by atoms with van der Waals surface area (Å²) in [4.78, 5) is 18.8. The minimum Gasteiger partial charge on any atom is -0.268 e. The molecule has 1 aliphatic rings. The third-order valence-corrected chi connectivity index (χ3v) is 6.45. The molecule has 3 aromatic rings. The van der Waals surface area contributed by atoms with Crippen LogP contribution < -0.4 is 5.56 Å². The van der Waals surface area contributed by atoms with Crippen molar-refractivity contribution < 1.29 is 0 Å². The van der Waals surface area contributed by atoms with Crippen LogP contribution in [0.15, 0.2) is 34.2 Å². The van der Waals surface area contributed by atoms with Gasteiger partial charge in [-0.1, -0.05) is 63.7 Å². The number of hydrogen-bond acceptors (Lipinski definition) is 4. The molecule has 4 rings (SSSR count). The molecular weight excluding hydrogens is 356 g/mol. The summed E-state index contributed by atoms with van der Waals surface area (Å²) in [5.41, 5.74) is 3.89. The largest absolute Gasteiger partial charge is 0.268 e. The molecule has 0 unspecified atom stereocenters. The number of aromatic nitrogens is 4. The van der Waals surface area contributed by atoms with Gasteiger partial charge in [-0.05, 0) is 30.6 Å². The van der Waals surface area contributed by atoms with Gasteiger partial charge in [0.25, 0.3) is 5.56 Å². The Labute approximate surface area is 163 Å². The van der Waals surface area contributed by atoms with Crippen LogP contribution in [0.3, 0.4) is 0 Å². The molecule has 0 aliphatic heterocycles. The summed E-state index contributed by atoms with van der Waals surface area (Å²) < 4.78 is 3.63. The first-order chi connectivity index (χ1) is 13.0. The van der Waals surface area contributed by atoms with Gasteiger partial charge in [0, 0.05) is 17.5 Å². The number of benzene rings is 1. The Morgan fingerprint density at radius 1 is 1.22 bits per heavy atom. The quantitative estimate of drug-likeness (QED) is 0.617. The third-order valence-electron chi connectivity index (χ3n) is 5.64. The maximum Gasteiger partial charge on any atom is 0.265 e. The van der Waals surface area contributed by atoms with Gasteiger partial charge >= 0.3 is 0 Å². The number of nitrogens with zero attached hydrogens (tertiary/aromatic N) is 4. The van der Waals surface area contributed by atoms with E-state index in [1.807, 2.05) is 10.7 Å². The second kappa shape index (κ2) is 6.82. The molecule has 2 heterocycles. The maximum absolute atomic E-state index is 13.7. The van der Waals surface area contributed by atoms with Crippen molar-refractivity contribution >= 4 is 17.5 Å². The topological polar surface area (TPSA) is 52.2 Å². The molecule has 0 amide bonds. The van der Waals surface area contributed by atoms with E-state index in [9.17, 15) is 4.79 Å². The van der Waals surface area contributed by atoms with Crippen molar-refractivity contribution in [1.82, 2.24) is 19.2 Å². The van der Waals surface area contributed by atoms with Gasteiger partial charge in [0.2, 0.25) is 5.78 Å². The number of hydrogen-bond donors (Lipinski definition) is 0. The zero-order chi connectivity index (χ0) is 19.2. The van der Waals surface area contributed by atoms with Gasteiger partial charge in [-0.3, -0.25) is 4.79 Å². The van der Waals surface area contributed by atoms with E-state index in [0.29, 0.717) is 5.78 Å². The van der Waals surface area contributed by atoms with Crippen molar-refractivity contribution in [2.24, 2.45) is 0 Å². The van der Waals surface area contributed by atoms with E-state index < -0.39 is 0 Å². The molecule has 27 heavy (non-hydrogen) atoms. The molecule has 0 N–H and O–H groups in total. The van der Waals surface area contributed by atoms with Gasteiger partial charge in [-0.15, -0.1) is 5.10 Å². The summed E-state index contributed by atoms with van der Waals surface area (Å²) >= 11 is 1.60. The molecule has 2 aromatic heterocycles. The van der Waals surface area contributed by atoms with E-state index in [0.717, 1.165) is 53.5 Å². The highest BCUT2D eigenvalue weighted by atomic mass is 32.2. The molecule has 0 radical (unpaired) electrons. The zero-order valence-electron chi connectivity index (χ0n) is 16.5. The van der Waals surface area contributed by atoms with Crippen molar-refractivity contribution in [3.8, 4) is 11.3 Å². The monoisotopic (exact) mass is 382 g/mol. The smallest absolute Gasteiger partial charge is 0.265 e. The SMILES string of the molecule is CCCn1nc(SCC)n2c(=O)c3c(nc12)-c1ccccc1C[C@]3(C)CC. The Kier molecular flexibility index (Phi) is 4.62. The van der Waals surface area contributed by atoms with E-state index in [-0.39, 0.29) is 11.0 Å². The minimum atomic E-state index is -0.212. The van der Waals surface area contributed by atoms with Gasteiger partial charge in [-0.25, -0.2) is 14.1 Å². The third kappa shape index (κ3) is 2.73. The molecule has 0 fully saturated rings. The highest BCUT2D eigenvalue weighted by Crippen LogP contribution is 2.42. The standard InChI is InChI=1S/C21H26N4OS/c1-5-12-24-19-22-17-15-11-9-8-10-14(15)13-21(4,6-2)16(17)18(26)25(19)20(23-24)27-7-3/h8-11H,5-7,12-13H2,1-4H3/t21-/m0/s1. The maximum atomic E-state index is 13.7. The van der Waals surface area contributed by atoms with Crippen LogP contribution in [0, 0.1) is 0 Å². The predicted octanol–water partition coefficient (Wildman–Crippen LogP) is 4.30.